The Kier molecular flexibility index (Phi) is 5.52. The second-order valence-electron chi connectivity index (χ2n) is 14.9. The van der Waals surface area contributed by atoms with Crippen molar-refractivity contribution in [2.45, 2.75) is 99.0 Å². The molecule has 0 bridgehead atoms. The predicted molar refractivity (Wildman–Crippen MR) is 142 cm³/mol. The largest absolute Gasteiger partial charge is 0.469 e. The van der Waals surface area contributed by atoms with Crippen molar-refractivity contribution in [2.24, 2.45) is 44.3 Å². The Balaban J connectivity index is 1.71. The molecule has 0 amide bonds. The minimum absolute atomic E-state index is 0.0485. The van der Waals surface area contributed by atoms with E-state index in [2.05, 4.69) is 33.8 Å². The Morgan fingerprint density at radius 2 is 1.63 bits per heavy atom. The number of carbonyl (C=O) groups is 3. The third-order valence-corrected chi connectivity index (χ3v) is 12.9. The molecule has 0 aromatic carbocycles. The fourth-order valence-electron chi connectivity index (χ4n) is 10.2. The minimum Gasteiger partial charge on any atom is -0.469 e. The maximum atomic E-state index is 14.4. The normalized spacial score (nSPS) is 49.3. The molecule has 38 heavy (non-hydrogen) atoms. The third kappa shape index (κ3) is 2.90. The third-order valence-electron chi connectivity index (χ3n) is 12.9. The van der Waals surface area contributed by atoms with Gasteiger partial charge in [-0.25, -0.2) is 0 Å². The molecule has 0 radical (unpaired) electrons. The lowest BCUT2D eigenvalue weighted by atomic mass is 9.33. The van der Waals surface area contributed by atoms with Crippen LogP contribution in [0.4, 0.5) is 0 Å². The van der Waals surface area contributed by atoms with E-state index >= 15 is 0 Å². The first kappa shape index (κ1) is 27.3. The van der Waals surface area contributed by atoms with Crippen molar-refractivity contribution in [3.63, 3.8) is 0 Å². The first-order valence-electron chi connectivity index (χ1n) is 14.2. The summed E-state index contributed by atoms with van der Waals surface area (Å²) in [5.41, 5.74) is -4.19. The fourth-order valence-corrected chi connectivity index (χ4v) is 10.2. The molecule has 0 aliphatic heterocycles. The number of aliphatic hydroxyl groups is 1. The number of nitriles is 1. The molecule has 206 valence electrons. The van der Waals surface area contributed by atoms with Crippen molar-refractivity contribution in [1.29, 1.82) is 5.26 Å². The van der Waals surface area contributed by atoms with Crippen LogP contribution in [0.25, 0.3) is 0 Å². The van der Waals surface area contributed by atoms with Crippen LogP contribution < -0.4 is 0 Å². The number of methoxy groups -OCH3 is 1. The Morgan fingerprint density at radius 1 is 1.00 bits per heavy atom. The summed E-state index contributed by atoms with van der Waals surface area (Å²) in [7, 11) is 1.40. The molecule has 0 aromatic rings. The molecule has 3 saturated carbocycles. The van der Waals surface area contributed by atoms with Crippen molar-refractivity contribution in [3.8, 4) is 6.07 Å². The molecular weight excluding hydrogens is 478 g/mol. The van der Waals surface area contributed by atoms with Gasteiger partial charge in [0.15, 0.2) is 11.6 Å². The summed E-state index contributed by atoms with van der Waals surface area (Å²) >= 11 is 0. The Bertz CT molecular complexity index is 1250. The lowest BCUT2D eigenvalue weighted by Crippen LogP contribution is -2.74. The van der Waals surface area contributed by atoms with E-state index in [1.165, 1.54) is 7.11 Å². The molecule has 0 aromatic heterocycles. The Hall–Kier alpha value is -2.26. The molecule has 0 heterocycles. The average molecular weight is 522 g/mol. The molecule has 0 unspecified atom stereocenters. The van der Waals surface area contributed by atoms with Gasteiger partial charge in [-0.2, -0.15) is 5.26 Å². The molecule has 3 fully saturated rings. The molecule has 6 nitrogen and oxygen atoms in total. The average Bonchev–Trinajstić information content (AvgIpc) is 2.86. The van der Waals surface area contributed by atoms with Gasteiger partial charge in [0.2, 0.25) is 0 Å². The summed E-state index contributed by atoms with van der Waals surface area (Å²) in [6, 6.07) is 2.13. The van der Waals surface area contributed by atoms with Gasteiger partial charge in [0.1, 0.15) is 11.7 Å². The molecule has 8 atom stereocenters. The van der Waals surface area contributed by atoms with Crippen LogP contribution in [0.5, 0.6) is 0 Å². The zero-order valence-electron chi connectivity index (χ0n) is 24.3. The van der Waals surface area contributed by atoms with E-state index in [0.717, 1.165) is 31.3 Å². The van der Waals surface area contributed by atoms with Crippen LogP contribution in [-0.2, 0) is 19.1 Å². The number of Topliss-reactive ketones (excluding diaryl/α,β-unsaturated/α-hetero) is 1. The summed E-state index contributed by atoms with van der Waals surface area (Å²) < 4.78 is 5.18. The zero-order valence-corrected chi connectivity index (χ0v) is 24.3. The molecule has 5 aliphatic carbocycles. The molecule has 1 N–H and O–H groups in total. The molecular formula is C32H43NO5. The van der Waals surface area contributed by atoms with Crippen LogP contribution in [0.15, 0.2) is 23.3 Å². The van der Waals surface area contributed by atoms with E-state index in [-0.39, 0.29) is 40.4 Å². The topological polar surface area (TPSA) is 104 Å². The van der Waals surface area contributed by atoms with E-state index in [4.69, 9.17) is 4.74 Å². The zero-order chi connectivity index (χ0) is 28.3. The van der Waals surface area contributed by atoms with Gasteiger partial charge in [-0.05, 0) is 80.3 Å². The molecule has 0 saturated heterocycles. The van der Waals surface area contributed by atoms with E-state index in [1.54, 1.807) is 6.08 Å². The van der Waals surface area contributed by atoms with Crippen molar-refractivity contribution in [2.75, 3.05) is 7.11 Å². The van der Waals surface area contributed by atoms with Crippen LogP contribution in [0.1, 0.15) is 93.4 Å². The second kappa shape index (κ2) is 7.68. The van der Waals surface area contributed by atoms with Crippen molar-refractivity contribution >= 4 is 17.5 Å². The van der Waals surface area contributed by atoms with Gasteiger partial charge in [0.05, 0.1) is 18.1 Å². The standard InChI is InChI=1S/C32H43NO5/c1-26(2)20-9-10-30(6)21(29(20,5)16-19(18-33)24(26)35)15-23(34)32(37)22-17-28(4,25(36)38-8)12-11-27(22,3)13-14-31(30,32)7/h15-16,20,22,37H,9-14,17H2,1-8H3/t20-,22+,27+,28-,29-,30+,31-,32+/m0/s1. The lowest BCUT2D eigenvalue weighted by Gasteiger charge is -2.71. The highest BCUT2D eigenvalue weighted by Gasteiger charge is 2.75. The van der Waals surface area contributed by atoms with Gasteiger partial charge in [0.25, 0.3) is 0 Å². The maximum absolute atomic E-state index is 14.4. The predicted octanol–water partition coefficient (Wildman–Crippen LogP) is 5.49. The van der Waals surface area contributed by atoms with Gasteiger partial charge >= 0.3 is 5.97 Å². The summed E-state index contributed by atoms with van der Waals surface area (Å²) in [6.45, 7) is 14.3. The highest BCUT2D eigenvalue weighted by atomic mass is 16.5. The summed E-state index contributed by atoms with van der Waals surface area (Å²) in [5.74, 6) is -1.13. The van der Waals surface area contributed by atoms with E-state index in [9.17, 15) is 24.8 Å². The van der Waals surface area contributed by atoms with Crippen LogP contribution in [0.3, 0.4) is 0 Å². The van der Waals surface area contributed by atoms with Crippen LogP contribution in [0.2, 0.25) is 0 Å². The molecule has 6 heteroatoms. The fraction of sp³-hybridized carbons (Fsp3) is 0.750. The number of nitrogens with zero attached hydrogens (tertiary/aromatic N) is 1. The first-order chi connectivity index (χ1) is 17.4. The SMILES string of the molecule is COC(=O)[C@@]1(C)CC[C@]2(C)CC[C@@]3(C)[C@]4(C)CC[C@H]5C(C)(C)C(=O)C(C#N)=C[C@]5(C)C4=CC(=O)[C@]3(O)[C@@H]2C1. The van der Waals surface area contributed by atoms with E-state index in [0.29, 0.717) is 19.3 Å². The Morgan fingerprint density at radius 3 is 2.24 bits per heavy atom. The summed E-state index contributed by atoms with van der Waals surface area (Å²) in [5, 5.41) is 22.7. The molecule has 5 aliphatic rings. The number of fused-ring (bicyclic) bond motifs is 7. The number of hydrogen-bond donors (Lipinski definition) is 1. The smallest absolute Gasteiger partial charge is 0.311 e. The number of carbonyl (C=O) groups excluding carboxylic acids is 3. The van der Waals surface area contributed by atoms with E-state index in [1.807, 2.05) is 26.8 Å². The highest BCUT2D eigenvalue weighted by molar-refractivity contribution is 6.05. The number of hydrogen-bond acceptors (Lipinski definition) is 6. The van der Waals surface area contributed by atoms with Gasteiger partial charge in [0, 0.05) is 22.2 Å². The van der Waals surface area contributed by atoms with Crippen molar-refractivity contribution in [1.82, 2.24) is 0 Å². The van der Waals surface area contributed by atoms with Gasteiger partial charge in [-0.3, -0.25) is 14.4 Å². The number of ketones is 2. The highest BCUT2D eigenvalue weighted by Crippen LogP contribution is 2.75. The maximum Gasteiger partial charge on any atom is 0.311 e. The van der Waals surface area contributed by atoms with E-state index < -0.39 is 32.7 Å². The number of rotatable bonds is 1. The van der Waals surface area contributed by atoms with Gasteiger partial charge in [-0.1, -0.05) is 47.6 Å². The Labute approximate surface area is 226 Å². The van der Waals surface area contributed by atoms with Crippen LogP contribution in [0, 0.1) is 55.7 Å². The van der Waals surface area contributed by atoms with Crippen LogP contribution >= 0.6 is 0 Å². The summed E-state index contributed by atoms with van der Waals surface area (Å²) in [6.07, 6.45) is 8.42. The lowest BCUT2D eigenvalue weighted by molar-refractivity contribution is -0.244. The van der Waals surface area contributed by atoms with Crippen LogP contribution in [-0.4, -0.2) is 35.4 Å². The second-order valence-corrected chi connectivity index (χ2v) is 14.9. The number of allylic oxidation sites excluding steroid dienone is 3. The number of ether oxygens (including phenoxy) is 1. The monoisotopic (exact) mass is 521 g/mol. The van der Waals surface area contributed by atoms with Crippen molar-refractivity contribution in [3.05, 3.63) is 23.3 Å². The first-order valence-corrected chi connectivity index (χ1v) is 14.2. The van der Waals surface area contributed by atoms with Crippen molar-refractivity contribution < 1.29 is 24.2 Å². The quantitative estimate of drug-likeness (QED) is 0.457. The number of esters is 1. The molecule has 5 rings (SSSR count). The molecule has 0 spiro atoms. The summed E-state index contributed by atoms with van der Waals surface area (Å²) in [4.78, 5) is 40.5. The minimum atomic E-state index is -1.63. The van der Waals surface area contributed by atoms with Gasteiger partial charge in [-0.15, -0.1) is 0 Å². The van der Waals surface area contributed by atoms with Gasteiger partial charge < -0.3 is 9.84 Å².